The lowest BCUT2D eigenvalue weighted by molar-refractivity contribution is -0.675. The first-order valence-corrected chi connectivity index (χ1v) is 10.2. The van der Waals surface area contributed by atoms with Crippen molar-refractivity contribution in [1.29, 1.82) is 0 Å². The molecule has 3 aromatic rings. The van der Waals surface area contributed by atoms with Gasteiger partial charge in [0.1, 0.15) is 18.4 Å². The average Bonchev–Trinajstić information content (AvgIpc) is 3.02. The van der Waals surface area contributed by atoms with Crippen molar-refractivity contribution in [2.45, 2.75) is 40.2 Å². The van der Waals surface area contributed by atoms with E-state index in [1.54, 1.807) is 19.9 Å². The lowest BCUT2D eigenvalue weighted by atomic mass is 9.96. The molecule has 2 aromatic carbocycles. The second kappa shape index (κ2) is 9.18. The number of ketones is 2. The molecule has 0 spiro atoms. The number of aromatic nitrogens is 1. The van der Waals surface area contributed by atoms with Gasteiger partial charge in [0, 0.05) is 22.4 Å². The number of aryl methyl sites for hydroxylation is 2. The van der Waals surface area contributed by atoms with Crippen molar-refractivity contribution in [3.8, 4) is 0 Å². The predicted molar refractivity (Wildman–Crippen MR) is 115 cm³/mol. The highest BCUT2D eigenvalue weighted by Crippen LogP contribution is 2.21. The lowest BCUT2D eigenvalue weighted by Gasteiger charge is -2.17. The standard InChI is InChI=1S/C25H27FN2O2/c1-5-18-9-11-19(12-10-18)25(20-7-6-8-21(26)13-20)27-14-22(30)24-15(2)23(17(4)29)16(3)28-24/h6-13,25,27-28H,5,14H2,1-4H3/p+1/t25-/m0/s1. The zero-order valence-corrected chi connectivity index (χ0v) is 17.9. The van der Waals surface area contributed by atoms with Gasteiger partial charge in [-0.2, -0.15) is 0 Å². The number of quaternary nitrogens is 1. The summed E-state index contributed by atoms with van der Waals surface area (Å²) in [7, 11) is 0. The number of rotatable bonds is 8. The van der Waals surface area contributed by atoms with Gasteiger partial charge < -0.3 is 10.3 Å². The molecular formula is C25H28FN2O2+. The third-order valence-corrected chi connectivity index (χ3v) is 5.56. The Balaban J connectivity index is 1.87. The minimum atomic E-state index is -0.302. The zero-order valence-electron chi connectivity index (χ0n) is 17.9. The summed E-state index contributed by atoms with van der Waals surface area (Å²) in [5.41, 5.74) is 5.48. The van der Waals surface area contributed by atoms with E-state index in [2.05, 4.69) is 24.0 Å². The Bertz CT molecular complexity index is 1070. The highest BCUT2D eigenvalue weighted by Gasteiger charge is 2.24. The van der Waals surface area contributed by atoms with E-state index in [0.29, 0.717) is 22.5 Å². The Kier molecular flexibility index (Phi) is 6.63. The largest absolute Gasteiger partial charge is 0.355 e. The Labute approximate surface area is 176 Å². The van der Waals surface area contributed by atoms with Crippen LogP contribution in [0.5, 0.6) is 0 Å². The third kappa shape index (κ3) is 4.57. The maximum atomic E-state index is 13.9. The van der Waals surface area contributed by atoms with E-state index in [1.807, 2.05) is 23.5 Å². The molecule has 3 rings (SSSR count). The number of nitrogens with two attached hydrogens (primary N) is 1. The summed E-state index contributed by atoms with van der Waals surface area (Å²) in [4.78, 5) is 27.9. The van der Waals surface area contributed by atoms with Gasteiger partial charge in [-0.15, -0.1) is 0 Å². The van der Waals surface area contributed by atoms with E-state index in [9.17, 15) is 14.0 Å². The number of halogens is 1. The van der Waals surface area contributed by atoms with Crippen LogP contribution in [0.1, 0.15) is 68.7 Å². The number of hydrogen-bond acceptors (Lipinski definition) is 2. The van der Waals surface area contributed by atoms with Crippen LogP contribution in [-0.2, 0) is 6.42 Å². The van der Waals surface area contributed by atoms with Crippen LogP contribution in [0.15, 0.2) is 48.5 Å². The molecule has 5 heteroatoms. The van der Waals surface area contributed by atoms with Crippen molar-refractivity contribution in [3.05, 3.63) is 93.6 Å². The van der Waals surface area contributed by atoms with Crippen molar-refractivity contribution < 1.29 is 19.3 Å². The molecule has 156 valence electrons. The summed E-state index contributed by atoms with van der Waals surface area (Å²) >= 11 is 0. The van der Waals surface area contributed by atoms with Gasteiger partial charge in [-0.25, -0.2) is 4.39 Å². The van der Waals surface area contributed by atoms with Crippen LogP contribution in [0.4, 0.5) is 4.39 Å². The van der Waals surface area contributed by atoms with Gasteiger partial charge in [-0.3, -0.25) is 9.59 Å². The van der Waals surface area contributed by atoms with Gasteiger partial charge in [-0.05, 0) is 50.5 Å². The van der Waals surface area contributed by atoms with Gasteiger partial charge in [-0.1, -0.05) is 43.3 Å². The molecule has 1 aromatic heterocycles. The van der Waals surface area contributed by atoms with Crippen molar-refractivity contribution in [2.24, 2.45) is 0 Å². The number of carbonyl (C=O) groups is 2. The van der Waals surface area contributed by atoms with E-state index in [1.165, 1.54) is 24.6 Å². The first kappa shape index (κ1) is 21.7. The van der Waals surface area contributed by atoms with Crippen LogP contribution in [0.25, 0.3) is 0 Å². The van der Waals surface area contributed by atoms with Crippen molar-refractivity contribution in [2.75, 3.05) is 6.54 Å². The van der Waals surface area contributed by atoms with Crippen molar-refractivity contribution >= 4 is 11.6 Å². The fraction of sp³-hybridized carbons (Fsp3) is 0.280. The number of hydrogen-bond donors (Lipinski definition) is 2. The van der Waals surface area contributed by atoms with Crippen LogP contribution in [-0.4, -0.2) is 23.1 Å². The van der Waals surface area contributed by atoms with Gasteiger partial charge in [0.05, 0.1) is 5.69 Å². The highest BCUT2D eigenvalue weighted by molar-refractivity contribution is 6.03. The summed E-state index contributed by atoms with van der Waals surface area (Å²) in [5, 5.41) is 1.92. The number of Topliss-reactive ketones (excluding diaryl/α,β-unsaturated/α-hetero) is 2. The third-order valence-electron chi connectivity index (χ3n) is 5.56. The van der Waals surface area contributed by atoms with Crippen LogP contribution in [0.2, 0.25) is 0 Å². The Morgan fingerprint density at radius 1 is 1.07 bits per heavy atom. The first-order valence-electron chi connectivity index (χ1n) is 10.2. The van der Waals surface area contributed by atoms with Crippen LogP contribution < -0.4 is 5.32 Å². The molecule has 0 aliphatic rings. The number of aromatic amines is 1. The second-order valence-electron chi connectivity index (χ2n) is 7.67. The Morgan fingerprint density at radius 3 is 2.33 bits per heavy atom. The molecule has 0 bridgehead atoms. The number of benzene rings is 2. The summed E-state index contributed by atoms with van der Waals surface area (Å²) in [5.74, 6) is -0.447. The van der Waals surface area contributed by atoms with E-state index in [-0.39, 0.29) is 30.0 Å². The van der Waals surface area contributed by atoms with Gasteiger partial charge >= 0.3 is 0 Å². The number of nitrogens with one attached hydrogen (secondary N) is 1. The number of carbonyl (C=O) groups excluding carboxylic acids is 2. The highest BCUT2D eigenvalue weighted by atomic mass is 19.1. The van der Waals surface area contributed by atoms with Crippen molar-refractivity contribution in [1.82, 2.24) is 4.98 Å². The molecule has 0 saturated carbocycles. The van der Waals surface area contributed by atoms with Crippen LogP contribution >= 0.6 is 0 Å². The predicted octanol–water partition coefficient (Wildman–Crippen LogP) is 4.07. The minimum Gasteiger partial charge on any atom is -0.355 e. The smallest absolute Gasteiger partial charge is 0.233 e. The molecule has 4 nitrogen and oxygen atoms in total. The van der Waals surface area contributed by atoms with Gasteiger partial charge in [0.2, 0.25) is 5.78 Å². The van der Waals surface area contributed by atoms with Crippen LogP contribution in [0, 0.1) is 19.7 Å². The SMILES string of the molecule is CCc1ccc([C@H]([NH2+]CC(=O)c2[nH]c(C)c(C(C)=O)c2C)c2cccc(F)c2)cc1. The number of H-pyrrole nitrogens is 1. The Morgan fingerprint density at radius 2 is 1.77 bits per heavy atom. The molecule has 30 heavy (non-hydrogen) atoms. The molecule has 0 aliphatic heterocycles. The molecule has 0 aliphatic carbocycles. The summed E-state index contributed by atoms with van der Waals surface area (Å²) in [6, 6.07) is 14.5. The van der Waals surface area contributed by atoms with Gasteiger partial charge in [0.25, 0.3) is 0 Å². The summed E-state index contributed by atoms with van der Waals surface area (Å²) < 4.78 is 13.9. The monoisotopic (exact) mass is 407 g/mol. The molecule has 0 unspecified atom stereocenters. The molecule has 1 atom stereocenters. The topological polar surface area (TPSA) is 66.5 Å². The maximum Gasteiger partial charge on any atom is 0.233 e. The summed E-state index contributed by atoms with van der Waals surface area (Å²) in [6.07, 6.45) is 0.942. The first-order chi connectivity index (χ1) is 14.3. The maximum absolute atomic E-state index is 13.9. The zero-order chi connectivity index (χ0) is 21.8. The normalized spacial score (nSPS) is 12.0. The molecule has 3 N–H and O–H groups in total. The molecule has 0 radical (unpaired) electrons. The molecule has 0 saturated heterocycles. The van der Waals surface area contributed by atoms with E-state index in [4.69, 9.17) is 0 Å². The summed E-state index contributed by atoms with van der Waals surface area (Å²) in [6.45, 7) is 7.37. The molecular weight excluding hydrogens is 379 g/mol. The van der Waals surface area contributed by atoms with Gasteiger partial charge in [0.15, 0.2) is 5.78 Å². The van der Waals surface area contributed by atoms with E-state index < -0.39 is 0 Å². The molecule has 1 heterocycles. The fourth-order valence-electron chi connectivity index (χ4n) is 4.01. The van der Waals surface area contributed by atoms with Crippen molar-refractivity contribution in [3.63, 3.8) is 0 Å². The van der Waals surface area contributed by atoms with E-state index in [0.717, 1.165) is 17.5 Å². The molecule has 0 amide bonds. The van der Waals surface area contributed by atoms with Crippen LogP contribution in [0.3, 0.4) is 0 Å². The second-order valence-corrected chi connectivity index (χ2v) is 7.67. The fourth-order valence-corrected chi connectivity index (χ4v) is 4.01. The lowest BCUT2D eigenvalue weighted by Crippen LogP contribution is -2.87. The molecule has 0 fully saturated rings. The Hall–Kier alpha value is -3.05. The minimum absolute atomic E-state index is 0.0575. The average molecular weight is 408 g/mol. The van der Waals surface area contributed by atoms with E-state index >= 15 is 0 Å². The quantitative estimate of drug-likeness (QED) is 0.553.